The van der Waals surface area contributed by atoms with Crippen molar-refractivity contribution < 1.29 is 16.8 Å². The summed E-state index contributed by atoms with van der Waals surface area (Å²) < 4.78 is 55.9. The first-order valence-corrected chi connectivity index (χ1v) is 12.7. The minimum Gasteiger partial charge on any atom is -0.269 e. The average Bonchev–Trinajstić information content (AvgIpc) is 2.73. The number of benzene rings is 3. The van der Waals surface area contributed by atoms with Crippen LogP contribution in [0, 0.1) is 13.8 Å². The Labute approximate surface area is 188 Å². The zero-order valence-electron chi connectivity index (χ0n) is 17.3. The average molecular weight is 479 g/mol. The molecule has 0 saturated carbocycles. The van der Waals surface area contributed by atoms with E-state index in [1.165, 1.54) is 37.4 Å². The van der Waals surface area contributed by atoms with E-state index in [0.29, 0.717) is 21.8 Å². The molecule has 0 aliphatic rings. The van der Waals surface area contributed by atoms with Crippen molar-refractivity contribution in [2.45, 2.75) is 30.2 Å². The van der Waals surface area contributed by atoms with Gasteiger partial charge in [0.25, 0.3) is 10.0 Å². The zero-order valence-corrected chi connectivity index (χ0v) is 19.7. The summed E-state index contributed by atoms with van der Waals surface area (Å²) >= 11 is 5.87. The van der Waals surface area contributed by atoms with Gasteiger partial charge in [0, 0.05) is 18.6 Å². The molecule has 1 N–H and O–H groups in total. The molecule has 3 rings (SSSR count). The van der Waals surface area contributed by atoms with Gasteiger partial charge in [0.15, 0.2) is 0 Å². The predicted molar refractivity (Wildman–Crippen MR) is 123 cm³/mol. The van der Waals surface area contributed by atoms with Crippen LogP contribution in [0.25, 0.3) is 0 Å². The molecular weight excluding hydrogens is 456 g/mol. The fourth-order valence-electron chi connectivity index (χ4n) is 3.33. The van der Waals surface area contributed by atoms with Crippen molar-refractivity contribution >= 4 is 37.3 Å². The van der Waals surface area contributed by atoms with Crippen LogP contribution in [0.4, 0.5) is 5.69 Å². The summed E-state index contributed by atoms with van der Waals surface area (Å²) in [6.45, 7) is 3.47. The van der Waals surface area contributed by atoms with Crippen molar-refractivity contribution in [2.24, 2.45) is 0 Å². The van der Waals surface area contributed by atoms with Gasteiger partial charge in [-0.2, -0.15) is 0 Å². The maximum absolute atomic E-state index is 13.1. The van der Waals surface area contributed by atoms with E-state index in [2.05, 4.69) is 4.72 Å². The van der Waals surface area contributed by atoms with Gasteiger partial charge in [-0.25, -0.2) is 21.6 Å². The summed E-state index contributed by atoms with van der Waals surface area (Å²) in [6, 6.07) is 18.1. The lowest BCUT2D eigenvalue weighted by molar-refractivity contribution is 0.580. The number of sulfonamides is 2. The number of rotatable bonds is 7. The van der Waals surface area contributed by atoms with Crippen LogP contribution in [0.5, 0.6) is 0 Å². The topological polar surface area (TPSA) is 83.6 Å². The Bertz CT molecular complexity index is 1290. The van der Waals surface area contributed by atoms with Gasteiger partial charge >= 0.3 is 0 Å². The van der Waals surface area contributed by atoms with Gasteiger partial charge in [-0.15, -0.1) is 0 Å². The highest BCUT2D eigenvalue weighted by molar-refractivity contribution is 7.92. The second kappa shape index (κ2) is 9.00. The number of nitrogens with one attached hydrogen (secondary N) is 1. The molecule has 0 saturated heterocycles. The summed E-state index contributed by atoms with van der Waals surface area (Å²) in [5.41, 5.74) is 2.12. The molecule has 0 amide bonds. The van der Waals surface area contributed by atoms with Gasteiger partial charge in [-0.1, -0.05) is 48.0 Å². The highest BCUT2D eigenvalue weighted by Gasteiger charge is 2.27. The van der Waals surface area contributed by atoms with Crippen LogP contribution in [-0.2, 0) is 26.6 Å². The summed E-state index contributed by atoms with van der Waals surface area (Å²) in [5.74, 6) is 0. The van der Waals surface area contributed by atoms with Crippen molar-refractivity contribution in [3.63, 3.8) is 0 Å². The van der Waals surface area contributed by atoms with E-state index in [1.807, 2.05) is 30.3 Å². The van der Waals surface area contributed by atoms with Crippen LogP contribution in [0.2, 0.25) is 5.02 Å². The Balaban J connectivity index is 1.99. The summed E-state index contributed by atoms with van der Waals surface area (Å²) in [7, 11) is -6.37. The third-order valence-electron chi connectivity index (χ3n) is 4.97. The third kappa shape index (κ3) is 4.93. The third-order valence-corrected chi connectivity index (χ3v) is 8.54. The number of halogens is 1. The normalized spacial score (nSPS) is 12.0. The summed E-state index contributed by atoms with van der Waals surface area (Å²) in [6.07, 6.45) is 0. The second-order valence-electron chi connectivity index (χ2n) is 7.09. The molecule has 0 aromatic heterocycles. The van der Waals surface area contributed by atoms with Gasteiger partial charge in [0.1, 0.15) is 0 Å². The van der Waals surface area contributed by atoms with Gasteiger partial charge in [-0.05, 0) is 60.9 Å². The summed E-state index contributed by atoms with van der Waals surface area (Å²) in [5, 5.41) is 0.423. The number of hydrogen-bond acceptors (Lipinski definition) is 4. The molecule has 9 heteroatoms. The van der Waals surface area contributed by atoms with Gasteiger partial charge in [0.2, 0.25) is 10.0 Å². The lowest BCUT2D eigenvalue weighted by Crippen LogP contribution is -2.29. The first-order valence-electron chi connectivity index (χ1n) is 9.42. The smallest absolute Gasteiger partial charge is 0.264 e. The molecule has 0 radical (unpaired) electrons. The van der Waals surface area contributed by atoms with Gasteiger partial charge in [0.05, 0.1) is 15.5 Å². The van der Waals surface area contributed by atoms with Gasteiger partial charge in [-0.3, -0.25) is 4.31 Å². The van der Waals surface area contributed by atoms with E-state index >= 15 is 0 Å². The molecule has 3 aromatic carbocycles. The van der Waals surface area contributed by atoms with E-state index in [9.17, 15) is 16.8 Å². The van der Waals surface area contributed by atoms with Crippen LogP contribution in [-0.4, -0.2) is 23.9 Å². The first kappa shape index (κ1) is 23.3. The molecule has 3 aromatic rings. The molecular formula is C22H23ClN2O4S2. The Morgan fingerprint density at radius 1 is 0.871 bits per heavy atom. The zero-order chi connectivity index (χ0) is 22.8. The van der Waals surface area contributed by atoms with Gasteiger partial charge < -0.3 is 0 Å². The predicted octanol–water partition coefficient (Wildman–Crippen LogP) is 4.26. The Hall–Kier alpha value is -2.39. The minimum absolute atomic E-state index is 0.0298. The number of anilines is 1. The van der Waals surface area contributed by atoms with Crippen molar-refractivity contribution in [3.05, 3.63) is 88.4 Å². The lowest BCUT2D eigenvalue weighted by Gasteiger charge is -2.25. The Morgan fingerprint density at radius 2 is 1.48 bits per heavy atom. The molecule has 0 unspecified atom stereocenters. The van der Waals surface area contributed by atoms with Crippen molar-refractivity contribution in [2.75, 3.05) is 11.4 Å². The van der Waals surface area contributed by atoms with Crippen LogP contribution in [0.15, 0.2) is 76.5 Å². The van der Waals surface area contributed by atoms with Crippen LogP contribution in [0.3, 0.4) is 0 Å². The Kier molecular flexibility index (Phi) is 6.76. The summed E-state index contributed by atoms with van der Waals surface area (Å²) in [4.78, 5) is 0.0934. The van der Waals surface area contributed by atoms with E-state index in [1.54, 1.807) is 19.9 Å². The quantitative estimate of drug-likeness (QED) is 0.550. The SMILES string of the molecule is Cc1ccc(S(=O)(=O)NCc2ccccc2)c(C)c1N(C)S(=O)(=O)c1ccc(Cl)cc1. The van der Waals surface area contributed by atoms with E-state index in [0.717, 1.165) is 9.87 Å². The molecule has 0 atom stereocenters. The van der Waals surface area contributed by atoms with Crippen molar-refractivity contribution in [1.29, 1.82) is 0 Å². The fourth-order valence-corrected chi connectivity index (χ4v) is 6.03. The second-order valence-corrected chi connectivity index (χ2v) is 11.2. The highest BCUT2D eigenvalue weighted by Crippen LogP contribution is 2.33. The lowest BCUT2D eigenvalue weighted by atomic mass is 10.1. The number of aryl methyl sites for hydroxylation is 1. The van der Waals surface area contributed by atoms with Crippen molar-refractivity contribution in [3.8, 4) is 0 Å². The molecule has 0 aliphatic carbocycles. The minimum atomic E-state index is -3.91. The molecule has 6 nitrogen and oxygen atoms in total. The van der Waals surface area contributed by atoms with E-state index in [4.69, 9.17) is 11.6 Å². The van der Waals surface area contributed by atoms with Crippen LogP contribution in [0.1, 0.15) is 16.7 Å². The maximum Gasteiger partial charge on any atom is 0.264 e. The van der Waals surface area contributed by atoms with E-state index in [-0.39, 0.29) is 16.3 Å². The van der Waals surface area contributed by atoms with E-state index < -0.39 is 20.0 Å². The monoisotopic (exact) mass is 478 g/mol. The molecule has 0 spiro atoms. The van der Waals surface area contributed by atoms with Crippen molar-refractivity contribution in [1.82, 2.24) is 4.72 Å². The first-order chi connectivity index (χ1) is 14.5. The molecule has 164 valence electrons. The number of nitrogens with zero attached hydrogens (tertiary/aromatic N) is 1. The molecule has 0 bridgehead atoms. The van der Waals surface area contributed by atoms with Crippen LogP contribution >= 0.6 is 11.6 Å². The number of hydrogen-bond donors (Lipinski definition) is 1. The standard InChI is InChI=1S/C22H23ClN2O4S2/c1-16-9-14-21(30(26,27)24-15-18-7-5-4-6-8-18)17(2)22(16)25(3)31(28,29)20-12-10-19(23)11-13-20/h4-14,24H,15H2,1-3H3. The molecule has 0 fully saturated rings. The fraction of sp³-hybridized carbons (Fsp3) is 0.182. The highest BCUT2D eigenvalue weighted by atomic mass is 35.5. The largest absolute Gasteiger partial charge is 0.269 e. The molecule has 31 heavy (non-hydrogen) atoms. The van der Waals surface area contributed by atoms with Crippen LogP contribution < -0.4 is 9.03 Å². The molecule has 0 heterocycles. The Morgan fingerprint density at radius 3 is 2.10 bits per heavy atom. The maximum atomic E-state index is 13.1. The molecule has 0 aliphatic heterocycles.